The lowest BCUT2D eigenvalue weighted by molar-refractivity contribution is 0.103. The fraction of sp³-hybridized carbons (Fsp3) is 0.308. The molecule has 74 valence electrons. The van der Waals surface area contributed by atoms with Gasteiger partial charge in [-0.05, 0) is 24.0 Å². The van der Waals surface area contributed by atoms with E-state index in [0.29, 0.717) is 11.5 Å². The maximum atomic E-state index is 11.5. The molecule has 1 aromatic rings. The largest absolute Gasteiger partial charge is 0.289 e. The van der Waals surface area contributed by atoms with Crippen molar-refractivity contribution in [2.24, 2.45) is 0 Å². The SMILES string of the molecule is C=C(C)C(=O)c1ccc(C(C)C)cc1. The number of benzene rings is 1. The van der Waals surface area contributed by atoms with Gasteiger partial charge >= 0.3 is 0 Å². The molecule has 0 bridgehead atoms. The van der Waals surface area contributed by atoms with Crippen LogP contribution >= 0.6 is 0 Å². The smallest absolute Gasteiger partial charge is 0.188 e. The van der Waals surface area contributed by atoms with Gasteiger partial charge in [0.25, 0.3) is 0 Å². The van der Waals surface area contributed by atoms with Crippen LogP contribution in [0.15, 0.2) is 36.4 Å². The molecule has 1 rings (SSSR count). The van der Waals surface area contributed by atoms with Crippen molar-refractivity contribution in [1.82, 2.24) is 0 Å². The molecule has 0 atom stereocenters. The molecule has 1 aromatic carbocycles. The molecular formula is C13H16O. The normalized spacial score (nSPS) is 10.3. The second-order valence-electron chi connectivity index (χ2n) is 3.89. The van der Waals surface area contributed by atoms with Crippen LogP contribution in [0.4, 0.5) is 0 Å². The first-order valence-corrected chi connectivity index (χ1v) is 4.82. The molecule has 1 nitrogen and oxygen atoms in total. The van der Waals surface area contributed by atoms with Gasteiger partial charge in [-0.2, -0.15) is 0 Å². The summed E-state index contributed by atoms with van der Waals surface area (Å²) in [5.74, 6) is 0.532. The van der Waals surface area contributed by atoms with Crippen LogP contribution in [0.2, 0.25) is 0 Å². The van der Waals surface area contributed by atoms with Crippen molar-refractivity contribution in [2.45, 2.75) is 26.7 Å². The van der Waals surface area contributed by atoms with E-state index in [0.717, 1.165) is 5.56 Å². The molecule has 14 heavy (non-hydrogen) atoms. The summed E-state index contributed by atoms with van der Waals surface area (Å²) in [5, 5.41) is 0. The number of hydrogen-bond acceptors (Lipinski definition) is 1. The van der Waals surface area contributed by atoms with Crippen molar-refractivity contribution in [3.8, 4) is 0 Å². The third-order valence-electron chi connectivity index (χ3n) is 2.23. The van der Waals surface area contributed by atoms with Crippen LogP contribution in [0.5, 0.6) is 0 Å². The molecule has 0 saturated carbocycles. The third kappa shape index (κ3) is 2.32. The molecule has 1 heteroatoms. The van der Waals surface area contributed by atoms with E-state index in [9.17, 15) is 4.79 Å². The van der Waals surface area contributed by atoms with Crippen molar-refractivity contribution in [1.29, 1.82) is 0 Å². The Balaban J connectivity index is 2.94. The lowest BCUT2D eigenvalue weighted by Gasteiger charge is -2.05. The van der Waals surface area contributed by atoms with Gasteiger partial charge < -0.3 is 0 Å². The van der Waals surface area contributed by atoms with Crippen molar-refractivity contribution >= 4 is 5.78 Å². The number of allylic oxidation sites excluding steroid dienone is 1. The summed E-state index contributed by atoms with van der Waals surface area (Å²) in [6.45, 7) is 9.64. The van der Waals surface area contributed by atoms with Crippen LogP contribution in [0.3, 0.4) is 0 Å². The summed E-state index contributed by atoms with van der Waals surface area (Å²) in [7, 11) is 0. The van der Waals surface area contributed by atoms with E-state index in [-0.39, 0.29) is 5.78 Å². The van der Waals surface area contributed by atoms with Crippen molar-refractivity contribution in [3.05, 3.63) is 47.5 Å². The highest BCUT2D eigenvalue weighted by Crippen LogP contribution is 2.15. The zero-order valence-electron chi connectivity index (χ0n) is 9.00. The fourth-order valence-electron chi connectivity index (χ4n) is 1.27. The molecule has 0 radical (unpaired) electrons. The Hall–Kier alpha value is -1.37. The molecule has 0 spiro atoms. The number of hydrogen-bond donors (Lipinski definition) is 0. The van der Waals surface area contributed by atoms with Crippen LogP contribution < -0.4 is 0 Å². The zero-order valence-corrected chi connectivity index (χ0v) is 9.00. The van der Waals surface area contributed by atoms with E-state index in [2.05, 4.69) is 20.4 Å². The molecule has 0 aliphatic heterocycles. The van der Waals surface area contributed by atoms with Gasteiger partial charge in [0.1, 0.15) is 0 Å². The van der Waals surface area contributed by atoms with Gasteiger partial charge in [-0.15, -0.1) is 0 Å². The number of Topliss-reactive ketones (excluding diaryl/α,β-unsaturated/α-hetero) is 1. The summed E-state index contributed by atoms with van der Waals surface area (Å²) in [6, 6.07) is 7.74. The van der Waals surface area contributed by atoms with Gasteiger partial charge in [0.2, 0.25) is 0 Å². The minimum atomic E-state index is 0.0281. The van der Waals surface area contributed by atoms with E-state index < -0.39 is 0 Å². The predicted molar refractivity (Wildman–Crippen MR) is 59.7 cm³/mol. The first-order valence-electron chi connectivity index (χ1n) is 4.82. The van der Waals surface area contributed by atoms with E-state index in [1.807, 2.05) is 24.3 Å². The molecule has 0 saturated heterocycles. The minimum absolute atomic E-state index is 0.0281. The summed E-state index contributed by atoms with van der Waals surface area (Å²) < 4.78 is 0. The Bertz CT molecular complexity index is 344. The predicted octanol–water partition coefficient (Wildman–Crippen LogP) is 3.57. The third-order valence-corrected chi connectivity index (χ3v) is 2.23. The summed E-state index contributed by atoms with van der Waals surface area (Å²) in [6.07, 6.45) is 0. The van der Waals surface area contributed by atoms with Crippen LogP contribution in [0.1, 0.15) is 42.6 Å². The van der Waals surface area contributed by atoms with E-state index in [4.69, 9.17) is 0 Å². The standard InChI is InChI=1S/C13H16O/c1-9(2)11-5-7-12(8-6-11)13(14)10(3)4/h5-9H,3H2,1-2,4H3. The Labute approximate surface area is 85.5 Å². The average Bonchev–Trinajstić information content (AvgIpc) is 2.16. The Morgan fingerprint density at radius 2 is 1.71 bits per heavy atom. The second-order valence-corrected chi connectivity index (χ2v) is 3.89. The average molecular weight is 188 g/mol. The zero-order chi connectivity index (χ0) is 10.7. The molecule has 0 amide bonds. The molecular weight excluding hydrogens is 172 g/mol. The first-order chi connectivity index (χ1) is 6.52. The van der Waals surface area contributed by atoms with Crippen LogP contribution in [0, 0.1) is 0 Å². The molecule has 0 aliphatic carbocycles. The van der Waals surface area contributed by atoms with Gasteiger partial charge in [0.15, 0.2) is 5.78 Å². The Morgan fingerprint density at radius 3 is 2.07 bits per heavy atom. The highest BCUT2D eigenvalue weighted by atomic mass is 16.1. The fourth-order valence-corrected chi connectivity index (χ4v) is 1.27. The highest BCUT2D eigenvalue weighted by molar-refractivity contribution is 6.07. The molecule has 0 aromatic heterocycles. The number of carbonyl (C=O) groups excluding carboxylic acids is 1. The van der Waals surface area contributed by atoms with E-state index in [1.165, 1.54) is 5.56 Å². The maximum Gasteiger partial charge on any atom is 0.188 e. The summed E-state index contributed by atoms with van der Waals surface area (Å²) in [4.78, 5) is 11.5. The molecule has 0 N–H and O–H groups in total. The quantitative estimate of drug-likeness (QED) is 0.523. The van der Waals surface area contributed by atoms with Crippen LogP contribution in [0.25, 0.3) is 0 Å². The molecule has 0 fully saturated rings. The van der Waals surface area contributed by atoms with E-state index in [1.54, 1.807) is 6.92 Å². The number of rotatable bonds is 3. The summed E-state index contributed by atoms with van der Waals surface area (Å²) in [5.41, 5.74) is 2.56. The Kier molecular flexibility index (Phi) is 3.23. The van der Waals surface area contributed by atoms with Crippen LogP contribution in [-0.2, 0) is 0 Å². The molecule has 0 unspecified atom stereocenters. The maximum absolute atomic E-state index is 11.5. The number of carbonyl (C=O) groups is 1. The lowest BCUT2D eigenvalue weighted by atomic mass is 9.99. The van der Waals surface area contributed by atoms with E-state index >= 15 is 0 Å². The van der Waals surface area contributed by atoms with Gasteiger partial charge in [-0.3, -0.25) is 4.79 Å². The van der Waals surface area contributed by atoms with Gasteiger partial charge in [0, 0.05) is 5.56 Å². The van der Waals surface area contributed by atoms with Crippen molar-refractivity contribution < 1.29 is 4.79 Å². The van der Waals surface area contributed by atoms with Crippen LogP contribution in [-0.4, -0.2) is 5.78 Å². The number of ketones is 1. The summed E-state index contributed by atoms with van der Waals surface area (Å²) >= 11 is 0. The topological polar surface area (TPSA) is 17.1 Å². The first kappa shape index (κ1) is 10.7. The molecule has 0 aliphatic rings. The highest BCUT2D eigenvalue weighted by Gasteiger charge is 2.06. The van der Waals surface area contributed by atoms with Crippen molar-refractivity contribution in [2.75, 3.05) is 0 Å². The Morgan fingerprint density at radius 1 is 1.21 bits per heavy atom. The van der Waals surface area contributed by atoms with Gasteiger partial charge in [0.05, 0.1) is 0 Å². The van der Waals surface area contributed by atoms with Gasteiger partial charge in [-0.1, -0.05) is 44.7 Å². The monoisotopic (exact) mass is 188 g/mol. The van der Waals surface area contributed by atoms with Gasteiger partial charge in [-0.25, -0.2) is 0 Å². The minimum Gasteiger partial charge on any atom is -0.289 e. The second kappa shape index (κ2) is 4.23. The lowest BCUT2D eigenvalue weighted by Crippen LogP contribution is -1.99. The molecule has 0 heterocycles. The van der Waals surface area contributed by atoms with Crippen molar-refractivity contribution in [3.63, 3.8) is 0 Å².